The summed E-state index contributed by atoms with van der Waals surface area (Å²) in [4.78, 5) is 12.2. The van der Waals surface area contributed by atoms with Gasteiger partial charge < -0.3 is 14.9 Å². The molecule has 4 heteroatoms. The summed E-state index contributed by atoms with van der Waals surface area (Å²) in [6.07, 6.45) is -2.07. The SMILES string of the molecule is Cc1cc(O)c2c(c1)OC(c1ccccc1)C(O)C2=O. The summed E-state index contributed by atoms with van der Waals surface area (Å²) in [5.41, 5.74) is 1.56. The first kappa shape index (κ1) is 12.7. The van der Waals surface area contributed by atoms with Gasteiger partial charge in [-0.25, -0.2) is 0 Å². The van der Waals surface area contributed by atoms with Crippen molar-refractivity contribution in [3.63, 3.8) is 0 Å². The van der Waals surface area contributed by atoms with Crippen LogP contribution >= 0.6 is 0 Å². The van der Waals surface area contributed by atoms with E-state index in [0.717, 1.165) is 11.1 Å². The fourth-order valence-corrected chi connectivity index (χ4v) is 2.45. The van der Waals surface area contributed by atoms with E-state index in [4.69, 9.17) is 4.74 Å². The van der Waals surface area contributed by atoms with Gasteiger partial charge in [0, 0.05) is 0 Å². The van der Waals surface area contributed by atoms with E-state index in [1.165, 1.54) is 6.07 Å². The van der Waals surface area contributed by atoms with Crippen LogP contribution < -0.4 is 4.74 Å². The van der Waals surface area contributed by atoms with E-state index in [1.54, 1.807) is 25.1 Å². The summed E-state index contributed by atoms with van der Waals surface area (Å²) in [6, 6.07) is 12.2. The van der Waals surface area contributed by atoms with Gasteiger partial charge in [-0.05, 0) is 30.2 Å². The van der Waals surface area contributed by atoms with Crippen molar-refractivity contribution in [3.8, 4) is 11.5 Å². The van der Waals surface area contributed by atoms with E-state index in [-0.39, 0.29) is 11.3 Å². The molecule has 2 unspecified atom stereocenters. The van der Waals surface area contributed by atoms with Crippen molar-refractivity contribution in [1.29, 1.82) is 0 Å². The van der Waals surface area contributed by atoms with Gasteiger partial charge in [0.25, 0.3) is 0 Å². The van der Waals surface area contributed by atoms with Crippen LogP contribution in [0.4, 0.5) is 0 Å². The van der Waals surface area contributed by atoms with E-state index in [1.807, 2.05) is 18.2 Å². The highest BCUT2D eigenvalue weighted by Crippen LogP contribution is 2.40. The summed E-state index contributed by atoms with van der Waals surface area (Å²) in [5, 5.41) is 20.0. The standard InChI is InChI=1S/C16H14O4/c1-9-7-11(17)13-12(8-9)20-16(15(19)14(13)18)10-5-3-2-4-6-10/h2-8,15-17,19H,1H3. The molecule has 0 radical (unpaired) electrons. The minimum absolute atomic E-state index is 0.0512. The number of hydrogen-bond acceptors (Lipinski definition) is 4. The molecule has 0 bridgehead atoms. The zero-order valence-corrected chi connectivity index (χ0v) is 10.9. The molecular weight excluding hydrogens is 256 g/mol. The lowest BCUT2D eigenvalue weighted by Gasteiger charge is -2.30. The molecule has 20 heavy (non-hydrogen) atoms. The second kappa shape index (κ2) is 4.65. The largest absolute Gasteiger partial charge is 0.507 e. The lowest BCUT2D eigenvalue weighted by molar-refractivity contribution is 0.0211. The number of Topliss-reactive ketones (excluding diaryl/α,β-unsaturated/α-hetero) is 1. The number of benzene rings is 2. The first-order valence-electron chi connectivity index (χ1n) is 6.35. The van der Waals surface area contributed by atoms with Crippen molar-refractivity contribution in [2.45, 2.75) is 19.1 Å². The van der Waals surface area contributed by atoms with Crippen LogP contribution in [0.15, 0.2) is 42.5 Å². The fraction of sp³-hybridized carbons (Fsp3) is 0.188. The van der Waals surface area contributed by atoms with Crippen molar-refractivity contribution >= 4 is 5.78 Å². The minimum atomic E-state index is -1.32. The molecule has 2 N–H and O–H groups in total. The van der Waals surface area contributed by atoms with Crippen LogP contribution in [0.3, 0.4) is 0 Å². The Morgan fingerprint density at radius 1 is 1.15 bits per heavy atom. The van der Waals surface area contributed by atoms with Crippen LogP contribution in [-0.4, -0.2) is 22.1 Å². The highest BCUT2D eigenvalue weighted by Gasteiger charge is 2.38. The molecule has 1 aliphatic rings. The van der Waals surface area contributed by atoms with Crippen LogP contribution in [0, 0.1) is 6.92 Å². The Kier molecular flexibility index (Phi) is 2.95. The van der Waals surface area contributed by atoms with E-state index in [9.17, 15) is 15.0 Å². The van der Waals surface area contributed by atoms with Gasteiger partial charge in [0.2, 0.25) is 5.78 Å². The van der Waals surface area contributed by atoms with Gasteiger partial charge in [-0.3, -0.25) is 4.79 Å². The zero-order chi connectivity index (χ0) is 14.3. The number of phenols is 1. The molecule has 2 atom stereocenters. The summed E-state index contributed by atoms with van der Waals surface area (Å²) < 4.78 is 5.73. The van der Waals surface area contributed by atoms with Crippen molar-refractivity contribution in [2.75, 3.05) is 0 Å². The first-order valence-corrected chi connectivity index (χ1v) is 6.35. The molecular formula is C16H14O4. The maximum Gasteiger partial charge on any atom is 0.202 e. The van der Waals surface area contributed by atoms with Gasteiger partial charge in [-0.15, -0.1) is 0 Å². The number of carbonyl (C=O) groups excluding carboxylic acids is 1. The molecule has 0 aliphatic carbocycles. The molecule has 0 aromatic heterocycles. The van der Waals surface area contributed by atoms with E-state index >= 15 is 0 Å². The van der Waals surface area contributed by atoms with Gasteiger partial charge in [-0.2, -0.15) is 0 Å². The fourth-order valence-electron chi connectivity index (χ4n) is 2.45. The number of aliphatic hydroxyl groups is 1. The summed E-state index contributed by atoms with van der Waals surface area (Å²) >= 11 is 0. The number of aliphatic hydroxyl groups excluding tert-OH is 1. The molecule has 102 valence electrons. The second-order valence-corrected chi connectivity index (χ2v) is 4.92. The maximum absolute atomic E-state index is 12.2. The molecule has 0 fully saturated rings. The van der Waals surface area contributed by atoms with Crippen molar-refractivity contribution < 1.29 is 19.7 Å². The lowest BCUT2D eigenvalue weighted by atomic mass is 9.92. The number of rotatable bonds is 1. The summed E-state index contributed by atoms with van der Waals surface area (Å²) in [7, 11) is 0. The third-order valence-electron chi connectivity index (χ3n) is 3.41. The lowest BCUT2D eigenvalue weighted by Crippen LogP contribution is -2.36. The Morgan fingerprint density at radius 2 is 1.85 bits per heavy atom. The Morgan fingerprint density at radius 3 is 2.55 bits per heavy atom. The second-order valence-electron chi connectivity index (χ2n) is 4.92. The van der Waals surface area contributed by atoms with Crippen LogP contribution in [0.5, 0.6) is 11.5 Å². The average molecular weight is 270 g/mol. The number of phenolic OH excluding ortho intramolecular Hbond substituents is 1. The Hall–Kier alpha value is -2.33. The minimum Gasteiger partial charge on any atom is -0.507 e. The van der Waals surface area contributed by atoms with Crippen LogP contribution in [0.2, 0.25) is 0 Å². The molecule has 1 aliphatic heterocycles. The van der Waals surface area contributed by atoms with Crippen LogP contribution in [0.1, 0.15) is 27.6 Å². The third-order valence-corrected chi connectivity index (χ3v) is 3.41. The number of hydrogen-bond donors (Lipinski definition) is 2. The van der Waals surface area contributed by atoms with Crippen molar-refractivity contribution in [3.05, 3.63) is 59.2 Å². The molecule has 4 nitrogen and oxygen atoms in total. The summed E-state index contributed by atoms with van der Waals surface area (Å²) in [6.45, 7) is 1.80. The van der Waals surface area contributed by atoms with Gasteiger partial charge in [-0.1, -0.05) is 30.3 Å². The van der Waals surface area contributed by atoms with Crippen LogP contribution in [-0.2, 0) is 0 Å². The highest BCUT2D eigenvalue weighted by atomic mass is 16.5. The quantitative estimate of drug-likeness (QED) is 0.835. The predicted molar refractivity (Wildman–Crippen MR) is 73.0 cm³/mol. The molecule has 3 rings (SSSR count). The monoisotopic (exact) mass is 270 g/mol. The van der Waals surface area contributed by atoms with Crippen molar-refractivity contribution in [1.82, 2.24) is 0 Å². The Labute approximate surface area is 116 Å². The van der Waals surface area contributed by atoms with Gasteiger partial charge in [0.15, 0.2) is 12.2 Å². The average Bonchev–Trinajstić information content (AvgIpc) is 2.43. The molecule has 0 saturated heterocycles. The molecule has 0 spiro atoms. The summed E-state index contributed by atoms with van der Waals surface area (Å²) in [5.74, 6) is -0.361. The van der Waals surface area contributed by atoms with E-state index in [0.29, 0.717) is 5.75 Å². The maximum atomic E-state index is 12.2. The van der Waals surface area contributed by atoms with E-state index in [2.05, 4.69) is 0 Å². The number of carbonyl (C=O) groups is 1. The Balaban J connectivity index is 2.09. The van der Waals surface area contributed by atoms with E-state index < -0.39 is 18.0 Å². The van der Waals surface area contributed by atoms with Gasteiger partial charge in [0.05, 0.1) is 0 Å². The van der Waals surface area contributed by atoms with Gasteiger partial charge in [0.1, 0.15) is 17.1 Å². The molecule has 2 aromatic rings. The smallest absolute Gasteiger partial charge is 0.202 e. The van der Waals surface area contributed by atoms with Gasteiger partial charge >= 0.3 is 0 Å². The zero-order valence-electron chi connectivity index (χ0n) is 10.9. The molecule has 0 amide bonds. The topological polar surface area (TPSA) is 66.8 Å². The van der Waals surface area contributed by atoms with Crippen LogP contribution in [0.25, 0.3) is 0 Å². The number of fused-ring (bicyclic) bond motifs is 1. The third kappa shape index (κ3) is 1.94. The number of ether oxygens (including phenoxy) is 1. The first-order chi connectivity index (χ1) is 9.58. The van der Waals surface area contributed by atoms with Crippen molar-refractivity contribution in [2.24, 2.45) is 0 Å². The molecule has 0 saturated carbocycles. The number of aryl methyl sites for hydroxylation is 1. The normalized spacial score (nSPS) is 21.2. The highest BCUT2D eigenvalue weighted by molar-refractivity contribution is 6.05. The Bertz CT molecular complexity index is 664. The molecule has 2 aromatic carbocycles. The predicted octanol–water partition coefficient (Wildman–Crippen LogP) is 2.38. The number of aromatic hydroxyl groups is 1. The molecule has 1 heterocycles. The number of ketones is 1.